The van der Waals surface area contributed by atoms with Crippen LogP contribution in [-0.2, 0) is 4.74 Å². The number of nitrogens with zero attached hydrogens (tertiary/aromatic N) is 1. The fraction of sp³-hybridized carbons (Fsp3) is 0.625. The first-order chi connectivity index (χ1) is 9.29. The largest absolute Gasteiger partial charge is 0.488 e. The van der Waals surface area contributed by atoms with Gasteiger partial charge >= 0.3 is 0 Å². The Morgan fingerprint density at radius 2 is 2.05 bits per heavy atom. The molecule has 0 bridgehead atoms. The molecular weight excluding hydrogens is 238 g/mol. The van der Waals surface area contributed by atoms with Crippen molar-refractivity contribution in [3.05, 3.63) is 29.8 Å². The Morgan fingerprint density at radius 1 is 1.26 bits per heavy atom. The van der Waals surface area contributed by atoms with E-state index >= 15 is 0 Å². The highest BCUT2D eigenvalue weighted by molar-refractivity contribution is 5.26. The monoisotopic (exact) mass is 261 g/mol. The molecule has 0 aliphatic carbocycles. The Bertz CT molecular complexity index is 392. The Hall–Kier alpha value is -1.06. The second-order valence-corrected chi connectivity index (χ2v) is 5.83. The molecule has 2 heterocycles. The van der Waals surface area contributed by atoms with Crippen LogP contribution >= 0.6 is 0 Å². The SMILES string of the molecule is Cc1ccc(OC2CN(CC[C@H]3CCOC3)C2)cc1. The number of aryl methyl sites for hydroxylation is 1. The molecule has 0 spiro atoms. The first kappa shape index (κ1) is 12.9. The lowest BCUT2D eigenvalue weighted by molar-refractivity contribution is 0.0164. The van der Waals surface area contributed by atoms with E-state index in [1.807, 2.05) is 0 Å². The fourth-order valence-corrected chi connectivity index (χ4v) is 2.77. The lowest BCUT2D eigenvalue weighted by Crippen LogP contribution is -2.54. The number of ether oxygens (including phenoxy) is 2. The van der Waals surface area contributed by atoms with Crippen LogP contribution in [0.1, 0.15) is 18.4 Å². The van der Waals surface area contributed by atoms with Gasteiger partial charge in [-0.25, -0.2) is 0 Å². The van der Waals surface area contributed by atoms with Gasteiger partial charge in [-0.2, -0.15) is 0 Å². The van der Waals surface area contributed by atoms with Gasteiger partial charge in [0.2, 0.25) is 0 Å². The van der Waals surface area contributed by atoms with E-state index in [-0.39, 0.29) is 0 Å². The molecule has 0 N–H and O–H groups in total. The summed E-state index contributed by atoms with van der Waals surface area (Å²) in [6.07, 6.45) is 2.90. The minimum Gasteiger partial charge on any atom is -0.488 e. The highest BCUT2D eigenvalue weighted by Crippen LogP contribution is 2.21. The lowest BCUT2D eigenvalue weighted by Gasteiger charge is -2.39. The number of rotatable bonds is 5. The molecule has 0 radical (unpaired) electrons. The molecule has 0 amide bonds. The molecule has 19 heavy (non-hydrogen) atoms. The summed E-state index contributed by atoms with van der Waals surface area (Å²) < 4.78 is 11.3. The van der Waals surface area contributed by atoms with E-state index in [1.54, 1.807) is 0 Å². The molecule has 2 saturated heterocycles. The van der Waals surface area contributed by atoms with E-state index < -0.39 is 0 Å². The summed E-state index contributed by atoms with van der Waals surface area (Å²) >= 11 is 0. The Balaban J connectivity index is 1.34. The molecule has 2 aliphatic heterocycles. The quantitative estimate of drug-likeness (QED) is 0.813. The molecule has 3 nitrogen and oxygen atoms in total. The van der Waals surface area contributed by atoms with Crippen LogP contribution in [0.4, 0.5) is 0 Å². The standard InChI is InChI=1S/C16H23NO2/c1-13-2-4-15(5-3-13)19-16-10-17(11-16)8-6-14-7-9-18-12-14/h2-5,14,16H,6-12H2,1H3/t14-/m0/s1. The van der Waals surface area contributed by atoms with Crippen LogP contribution in [0.15, 0.2) is 24.3 Å². The van der Waals surface area contributed by atoms with Crippen molar-refractivity contribution in [1.29, 1.82) is 0 Å². The van der Waals surface area contributed by atoms with E-state index in [0.29, 0.717) is 6.10 Å². The van der Waals surface area contributed by atoms with Crippen LogP contribution in [0.25, 0.3) is 0 Å². The van der Waals surface area contributed by atoms with E-state index in [9.17, 15) is 0 Å². The molecule has 3 heteroatoms. The average Bonchev–Trinajstić information content (AvgIpc) is 2.87. The summed E-state index contributed by atoms with van der Waals surface area (Å²) in [5.74, 6) is 1.79. The summed E-state index contributed by atoms with van der Waals surface area (Å²) in [7, 11) is 0. The predicted molar refractivity (Wildman–Crippen MR) is 75.6 cm³/mol. The van der Waals surface area contributed by atoms with Gasteiger partial charge in [0.25, 0.3) is 0 Å². The smallest absolute Gasteiger partial charge is 0.124 e. The average molecular weight is 261 g/mol. The second kappa shape index (κ2) is 5.93. The van der Waals surface area contributed by atoms with Gasteiger partial charge in [0, 0.05) is 26.3 Å². The molecule has 2 fully saturated rings. The number of hydrogen-bond acceptors (Lipinski definition) is 3. The lowest BCUT2D eigenvalue weighted by atomic mass is 10.0. The van der Waals surface area contributed by atoms with Crippen molar-refractivity contribution in [2.24, 2.45) is 5.92 Å². The van der Waals surface area contributed by atoms with E-state index in [1.165, 1.54) is 24.9 Å². The Kier molecular flexibility index (Phi) is 4.04. The summed E-state index contributed by atoms with van der Waals surface area (Å²) in [6, 6.07) is 8.33. The van der Waals surface area contributed by atoms with Gasteiger partial charge in [0.15, 0.2) is 0 Å². The van der Waals surface area contributed by atoms with Crippen molar-refractivity contribution in [3.8, 4) is 5.75 Å². The summed E-state index contributed by atoms with van der Waals surface area (Å²) in [5.41, 5.74) is 1.28. The molecule has 2 aliphatic rings. The topological polar surface area (TPSA) is 21.7 Å². The van der Waals surface area contributed by atoms with Crippen LogP contribution in [0.5, 0.6) is 5.75 Å². The molecule has 3 rings (SSSR count). The van der Waals surface area contributed by atoms with Gasteiger partial charge in [-0.1, -0.05) is 17.7 Å². The van der Waals surface area contributed by atoms with Crippen molar-refractivity contribution < 1.29 is 9.47 Å². The maximum Gasteiger partial charge on any atom is 0.124 e. The molecule has 0 aromatic heterocycles. The van der Waals surface area contributed by atoms with Crippen molar-refractivity contribution >= 4 is 0 Å². The van der Waals surface area contributed by atoms with Gasteiger partial charge in [-0.05, 0) is 44.4 Å². The molecule has 1 aromatic rings. The van der Waals surface area contributed by atoms with Gasteiger partial charge in [-0.3, -0.25) is 4.90 Å². The van der Waals surface area contributed by atoms with Crippen LogP contribution in [0.2, 0.25) is 0 Å². The molecule has 1 aromatic carbocycles. The second-order valence-electron chi connectivity index (χ2n) is 5.83. The minimum atomic E-state index is 0.377. The van der Waals surface area contributed by atoms with E-state index in [0.717, 1.165) is 38.0 Å². The van der Waals surface area contributed by atoms with Gasteiger partial charge < -0.3 is 9.47 Å². The van der Waals surface area contributed by atoms with Crippen molar-refractivity contribution in [2.45, 2.75) is 25.9 Å². The zero-order chi connectivity index (χ0) is 13.1. The third-order valence-corrected chi connectivity index (χ3v) is 4.12. The molecular formula is C16H23NO2. The predicted octanol–water partition coefficient (Wildman–Crippen LogP) is 2.48. The highest BCUT2D eigenvalue weighted by Gasteiger charge is 2.29. The zero-order valence-electron chi connectivity index (χ0n) is 11.7. The molecule has 104 valence electrons. The van der Waals surface area contributed by atoms with Crippen molar-refractivity contribution in [2.75, 3.05) is 32.8 Å². The zero-order valence-corrected chi connectivity index (χ0v) is 11.7. The van der Waals surface area contributed by atoms with Gasteiger partial charge in [-0.15, -0.1) is 0 Å². The molecule has 0 saturated carbocycles. The first-order valence-corrected chi connectivity index (χ1v) is 7.33. The molecule has 0 unspecified atom stereocenters. The summed E-state index contributed by atoms with van der Waals surface area (Å²) in [5, 5.41) is 0. The summed E-state index contributed by atoms with van der Waals surface area (Å²) in [4.78, 5) is 2.48. The third-order valence-electron chi connectivity index (χ3n) is 4.12. The Labute approximate surface area is 115 Å². The number of hydrogen-bond donors (Lipinski definition) is 0. The van der Waals surface area contributed by atoms with Gasteiger partial charge in [0.1, 0.15) is 11.9 Å². The van der Waals surface area contributed by atoms with Crippen molar-refractivity contribution in [1.82, 2.24) is 4.90 Å². The van der Waals surface area contributed by atoms with Crippen LogP contribution in [-0.4, -0.2) is 43.9 Å². The van der Waals surface area contributed by atoms with Crippen LogP contribution < -0.4 is 4.74 Å². The number of benzene rings is 1. The number of likely N-dealkylation sites (tertiary alicyclic amines) is 1. The maximum atomic E-state index is 5.94. The van der Waals surface area contributed by atoms with E-state index in [4.69, 9.17) is 9.47 Å². The van der Waals surface area contributed by atoms with Crippen LogP contribution in [0, 0.1) is 12.8 Å². The first-order valence-electron chi connectivity index (χ1n) is 7.33. The minimum absolute atomic E-state index is 0.377. The van der Waals surface area contributed by atoms with Crippen LogP contribution in [0.3, 0.4) is 0 Å². The maximum absolute atomic E-state index is 5.94. The van der Waals surface area contributed by atoms with Crippen molar-refractivity contribution in [3.63, 3.8) is 0 Å². The third kappa shape index (κ3) is 3.48. The molecule has 1 atom stereocenters. The fourth-order valence-electron chi connectivity index (χ4n) is 2.77. The van der Waals surface area contributed by atoms with E-state index in [2.05, 4.69) is 36.1 Å². The summed E-state index contributed by atoms with van der Waals surface area (Å²) in [6.45, 7) is 7.37. The normalized spacial score (nSPS) is 24.4. The van der Waals surface area contributed by atoms with Gasteiger partial charge in [0.05, 0.1) is 0 Å². The Morgan fingerprint density at radius 3 is 2.74 bits per heavy atom. The highest BCUT2D eigenvalue weighted by atomic mass is 16.5.